The van der Waals surface area contributed by atoms with Crippen LogP contribution < -0.4 is 0 Å². The molecule has 5 nitrogen and oxygen atoms in total. The summed E-state index contributed by atoms with van der Waals surface area (Å²) in [5.74, 6) is -1.43. The first-order valence-electron chi connectivity index (χ1n) is 5.15. The number of rotatable bonds is 2. The molecule has 0 saturated carbocycles. The van der Waals surface area contributed by atoms with Crippen molar-refractivity contribution in [2.24, 2.45) is 5.92 Å². The molecule has 0 N–H and O–H groups in total. The third-order valence-corrected chi connectivity index (χ3v) is 2.95. The van der Waals surface area contributed by atoms with E-state index in [0.717, 1.165) is 0 Å². The van der Waals surface area contributed by atoms with Crippen LogP contribution in [0.3, 0.4) is 0 Å². The number of hydrogen-bond donors (Lipinski definition) is 0. The molecular weight excluding hydrogens is 198 g/mol. The van der Waals surface area contributed by atoms with Gasteiger partial charge in [0.2, 0.25) is 5.91 Å². The average molecular weight is 211 g/mol. The topological polar surface area (TPSA) is 63.7 Å². The highest BCUT2D eigenvalue weighted by Gasteiger charge is 2.49. The molecule has 1 amide bonds. The fourth-order valence-corrected chi connectivity index (χ4v) is 2.21. The number of fused-ring (bicyclic) bond motifs is 1. The van der Waals surface area contributed by atoms with Gasteiger partial charge in [0.25, 0.3) is 0 Å². The molecule has 2 saturated heterocycles. The highest BCUT2D eigenvalue weighted by Crippen LogP contribution is 2.30. The molecule has 2 aliphatic rings. The molecule has 0 aromatic carbocycles. The first-order valence-corrected chi connectivity index (χ1v) is 5.15. The van der Waals surface area contributed by atoms with Crippen LogP contribution in [0.1, 0.15) is 19.8 Å². The van der Waals surface area contributed by atoms with E-state index in [1.165, 1.54) is 4.90 Å². The van der Waals surface area contributed by atoms with Gasteiger partial charge in [-0.15, -0.1) is 0 Å². The van der Waals surface area contributed by atoms with Crippen molar-refractivity contribution < 1.29 is 19.1 Å². The number of nitrogens with zero attached hydrogens (tertiary/aromatic N) is 1. The minimum atomic E-state index is -0.751. The minimum absolute atomic E-state index is 0.0276. The van der Waals surface area contributed by atoms with Gasteiger partial charge in [-0.1, -0.05) is 0 Å². The summed E-state index contributed by atoms with van der Waals surface area (Å²) in [7, 11) is 0. The smallest absolute Gasteiger partial charge is 0.318 e. The van der Waals surface area contributed by atoms with Crippen LogP contribution in [0.2, 0.25) is 0 Å². The maximum Gasteiger partial charge on any atom is 0.318 e. The van der Waals surface area contributed by atoms with Crippen molar-refractivity contribution in [2.45, 2.75) is 25.8 Å². The van der Waals surface area contributed by atoms with Crippen LogP contribution in [0.25, 0.3) is 0 Å². The number of carbonyl (C=O) groups is 3. The summed E-state index contributed by atoms with van der Waals surface area (Å²) in [6, 6.07) is -0.369. The van der Waals surface area contributed by atoms with Gasteiger partial charge in [-0.3, -0.25) is 14.4 Å². The lowest BCUT2D eigenvalue weighted by molar-refractivity contribution is -0.150. The molecular formula is C10H13NO4. The average Bonchev–Trinajstić information content (AvgIpc) is 2.70. The Hall–Kier alpha value is -1.39. The van der Waals surface area contributed by atoms with Crippen LogP contribution in [-0.2, 0) is 19.1 Å². The van der Waals surface area contributed by atoms with E-state index in [2.05, 4.69) is 0 Å². The number of Topliss-reactive ketones (excluding diaryl/α,β-unsaturated/α-hetero) is 1. The van der Waals surface area contributed by atoms with E-state index >= 15 is 0 Å². The number of amides is 1. The van der Waals surface area contributed by atoms with E-state index in [1.807, 2.05) is 0 Å². The van der Waals surface area contributed by atoms with Crippen molar-refractivity contribution in [3.63, 3.8) is 0 Å². The second-order valence-corrected chi connectivity index (χ2v) is 3.81. The molecule has 82 valence electrons. The van der Waals surface area contributed by atoms with Gasteiger partial charge in [0, 0.05) is 13.0 Å². The van der Waals surface area contributed by atoms with Crippen LogP contribution in [0.5, 0.6) is 0 Å². The maximum atomic E-state index is 11.8. The number of ketones is 1. The van der Waals surface area contributed by atoms with Gasteiger partial charge < -0.3 is 9.64 Å². The SMILES string of the molecule is CCOC(=O)[C@H]1CN2C(=O)CC[C@@H]2C1=O. The Balaban J connectivity index is 2.10. The van der Waals surface area contributed by atoms with Crippen molar-refractivity contribution >= 4 is 17.7 Å². The van der Waals surface area contributed by atoms with E-state index in [1.54, 1.807) is 6.92 Å². The van der Waals surface area contributed by atoms with Gasteiger partial charge in [-0.25, -0.2) is 0 Å². The Morgan fingerprint density at radius 2 is 2.27 bits per heavy atom. The summed E-state index contributed by atoms with van der Waals surface area (Å²) in [6.45, 7) is 2.17. The molecule has 0 aliphatic carbocycles. The zero-order valence-electron chi connectivity index (χ0n) is 8.56. The summed E-state index contributed by atoms with van der Waals surface area (Å²) in [4.78, 5) is 36.0. The zero-order valence-corrected chi connectivity index (χ0v) is 8.56. The Morgan fingerprint density at radius 1 is 1.53 bits per heavy atom. The van der Waals surface area contributed by atoms with E-state index in [4.69, 9.17) is 4.74 Å². The first-order chi connectivity index (χ1) is 7.15. The monoisotopic (exact) mass is 211 g/mol. The number of hydrogen-bond acceptors (Lipinski definition) is 4. The molecule has 15 heavy (non-hydrogen) atoms. The van der Waals surface area contributed by atoms with E-state index in [9.17, 15) is 14.4 Å². The van der Waals surface area contributed by atoms with Gasteiger partial charge >= 0.3 is 5.97 Å². The molecule has 0 spiro atoms. The fraction of sp³-hybridized carbons (Fsp3) is 0.700. The van der Waals surface area contributed by atoms with Gasteiger partial charge in [-0.2, -0.15) is 0 Å². The van der Waals surface area contributed by atoms with Crippen LogP contribution >= 0.6 is 0 Å². The molecule has 2 aliphatic heterocycles. The Labute approximate surface area is 87.4 Å². The third kappa shape index (κ3) is 1.52. The second kappa shape index (κ2) is 3.64. The highest BCUT2D eigenvalue weighted by atomic mass is 16.5. The molecule has 5 heteroatoms. The molecule has 2 fully saturated rings. The lowest BCUT2D eigenvalue weighted by Gasteiger charge is -2.12. The number of esters is 1. The summed E-state index contributed by atoms with van der Waals surface area (Å²) in [5.41, 5.74) is 0. The second-order valence-electron chi connectivity index (χ2n) is 3.81. The highest BCUT2D eigenvalue weighted by molar-refractivity contribution is 6.07. The van der Waals surface area contributed by atoms with E-state index < -0.39 is 11.9 Å². The third-order valence-electron chi connectivity index (χ3n) is 2.95. The summed E-state index contributed by atoms with van der Waals surface area (Å²) < 4.78 is 4.80. The van der Waals surface area contributed by atoms with E-state index in [0.29, 0.717) is 12.8 Å². The van der Waals surface area contributed by atoms with Gasteiger partial charge in [0.05, 0.1) is 12.6 Å². The predicted octanol–water partition coefficient (Wildman–Crippen LogP) is -0.261. The largest absolute Gasteiger partial charge is 0.465 e. The maximum absolute atomic E-state index is 11.8. The summed E-state index contributed by atoms with van der Waals surface area (Å²) in [6.07, 6.45) is 0.972. The molecule has 2 rings (SSSR count). The van der Waals surface area contributed by atoms with Crippen LogP contribution in [0.15, 0.2) is 0 Å². The standard InChI is InChI=1S/C10H13NO4/c1-2-15-10(14)6-5-11-7(9(6)13)3-4-8(11)12/h6-7H,2-5H2,1H3/t6-,7+/m0/s1. The molecule has 2 heterocycles. The molecule has 0 bridgehead atoms. The Kier molecular flexibility index (Phi) is 2.46. The number of carbonyl (C=O) groups excluding carboxylic acids is 3. The predicted molar refractivity (Wildman–Crippen MR) is 49.9 cm³/mol. The van der Waals surface area contributed by atoms with Crippen LogP contribution in [0, 0.1) is 5.92 Å². The molecule has 0 aromatic rings. The van der Waals surface area contributed by atoms with Crippen molar-refractivity contribution in [1.29, 1.82) is 0 Å². The van der Waals surface area contributed by atoms with Crippen molar-refractivity contribution in [2.75, 3.05) is 13.2 Å². The number of ether oxygens (including phenoxy) is 1. The molecule has 0 aromatic heterocycles. The molecule has 0 radical (unpaired) electrons. The Morgan fingerprint density at radius 3 is 2.87 bits per heavy atom. The van der Waals surface area contributed by atoms with Crippen molar-refractivity contribution in [3.8, 4) is 0 Å². The molecule has 0 unspecified atom stereocenters. The van der Waals surface area contributed by atoms with Crippen molar-refractivity contribution in [1.82, 2.24) is 4.90 Å². The van der Waals surface area contributed by atoms with Crippen molar-refractivity contribution in [3.05, 3.63) is 0 Å². The Bertz CT molecular complexity index is 325. The van der Waals surface area contributed by atoms with Crippen LogP contribution in [0.4, 0.5) is 0 Å². The summed E-state index contributed by atoms with van der Waals surface area (Å²) >= 11 is 0. The van der Waals surface area contributed by atoms with E-state index in [-0.39, 0.29) is 30.9 Å². The van der Waals surface area contributed by atoms with Gasteiger partial charge in [0.15, 0.2) is 5.78 Å². The molecule has 2 atom stereocenters. The lowest BCUT2D eigenvalue weighted by Crippen LogP contribution is -2.29. The lowest BCUT2D eigenvalue weighted by atomic mass is 10.0. The van der Waals surface area contributed by atoms with Gasteiger partial charge in [0.1, 0.15) is 5.92 Å². The van der Waals surface area contributed by atoms with Gasteiger partial charge in [-0.05, 0) is 13.3 Å². The fourth-order valence-electron chi connectivity index (χ4n) is 2.21. The first kappa shape index (κ1) is 10.1. The quantitative estimate of drug-likeness (QED) is 0.466. The zero-order chi connectivity index (χ0) is 11.0. The van der Waals surface area contributed by atoms with Crippen LogP contribution in [-0.4, -0.2) is 41.8 Å². The minimum Gasteiger partial charge on any atom is -0.465 e. The summed E-state index contributed by atoms with van der Waals surface area (Å²) in [5, 5.41) is 0. The normalized spacial score (nSPS) is 29.5.